The van der Waals surface area contributed by atoms with Crippen LogP contribution >= 0.6 is 0 Å². The average molecular weight is 141 g/mol. The van der Waals surface area contributed by atoms with Crippen molar-refractivity contribution in [2.75, 3.05) is 0 Å². The Morgan fingerprint density at radius 1 is 1.20 bits per heavy atom. The van der Waals surface area contributed by atoms with Crippen molar-refractivity contribution in [2.45, 2.75) is 0 Å². The van der Waals surface area contributed by atoms with Gasteiger partial charge in [-0.25, -0.2) is 0 Å². The summed E-state index contributed by atoms with van der Waals surface area (Å²) in [5.74, 6) is -1.75. The van der Waals surface area contributed by atoms with Crippen LogP contribution in [-0.2, 0) is 0 Å². The van der Waals surface area contributed by atoms with Crippen LogP contribution in [0.2, 0.25) is 0 Å². The Morgan fingerprint density at radius 2 is 1.70 bits per heavy atom. The highest BCUT2D eigenvalue weighted by atomic mass is 19.1. The van der Waals surface area contributed by atoms with Crippen molar-refractivity contribution in [3.63, 3.8) is 0 Å². The van der Waals surface area contributed by atoms with Crippen LogP contribution in [0.15, 0.2) is 18.2 Å². The molecular weight excluding hydrogens is 138 g/mol. The van der Waals surface area contributed by atoms with Crippen molar-refractivity contribution in [2.24, 2.45) is 0 Å². The monoisotopic (exact) mass is 141 g/mol. The van der Waals surface area contributed by atoms with E-state index in [1.54, 1.807) is 0 Å². The molecule has 0 fully saturated rings. The minimum Gasteiger partial charge on any atom is -0.198 e. The average Bonchev–Trinajstić information content (AvgIpc) is 1.88. The van der Waals surface area contributed by atoms with Gasteiger partial charge in [-0.3, -0.25) is 0 Å². The highest BCUT2D eigenvalue weighted by Gasteiger charge is 2.19. The molecule has 0 N–H and O–H groups in total. The van der Waals surface area contributed by atoms with Crippen molar-refractivity contribution in [3.8, 4) is 0 Å². The molecular formula is C6H3F2N2+. The fourth-order valence-corrected chi connectivity index (χ4v) is 0.585. The van der Waals surface area contributed by atoms with Crippen molar-refractivity contribution in [1.82, 2.24) is 0 Å². The molecule has 0 saturated carbocycles. The Kier molecular flexibility index (Phi) is 1.59. The van der Waals surface area contributed by atoms with Gasteiger partial charge in [0.2, 0.25) is 17.0 Å². The standard InChI is InChI=1S/C6H3F2N2/c7-4-2-1-3-5(8)6(4)10-9/h1-3H/q+1. The first-order valence-electron chi connectivity index (χ1n) is 2.55. The number of halogens is 2. The summed E-state index contributed by atoms with van der Waals surface area (Å²) in [5.41, 5.74) is -0.650. The molecule has 0 aliphatic heterocycles. The Balaban J connectivity index is 3.34. The molecule has 0 amide bonds. The second-order valence-electron chi connectivity index (χ2n) is 1.67. The molecule has 0 bridgehead atoms. The molecule has 1 aromatic rings. The van der Waals surface area contributed by atoms with Crippen LogP contribution in [0.4, 0.5) is 14.5 Å². The smallest absolute Gasteiger partial charge is 0.198 e. The third kappa shape index (κ3) is 0.935. The summed E-state index contributed by atoms with van der Waals surface area (Å²) in [6, 6.07) is 3.22. The van der Waals surface area contributed by atoms with Gasteiger partial charge in [0, 0.05) is 0 Å². The third-order valence-corrected chi connectivity index (χ3v) is 1.04. The molecule has 2 nitrogen and oxygen atoms in total. The summed E-state index contributed by atoms with van der Waals surface area (Å²) in [5, 5.41) is 8.04. The first-order valence-corrected chi connectivity index (χ1v) is 2.55. The zero-order valence-corrected chi connectivity index (χ0v) is 4.88. The first kappa shape index (κ1) is 6.62. The predicted molar refractivity (Wildman–Crippen MR) is 31.1 cm³/mol. The summed E-state index contributed by atoms with van der Waals surface area (Å²) in [6.45, 7) is 0. The topological polar surface area (TPSA) is 28.1 Å². The molecule has 0 unspecified atom stereocenters. The molecule has 0 aliphatic rings. The second kappa shape index (κ2) is 2.40. The van der Waals surface area contributed by atoms with Gasteiger partial charge in [0.1, 0.15) is 0 Å². The van der Waals surface area contributed by atoms with Crippen molar-refractivity contribution in [1.29, 1.82) is 5.39 Å². The van der Waals surface area contributed by atoms with Crippen LogP contribution in [0.25, 0.3) is 4.98 Å². The minimum atomic E-state index is -0.873. The maximum Gasteiger partial charge on any atom is 0.455 e. The Morgan fingerprint density at radius 3 is 2.00 bits per heavy atom. The van der Waals surface area contributed by atoms with E-state index in [0.29, 0.717) is 0 Å². The van der Waals surface area contributed by atoms with E-state index in [0.717, 1.165) is 12.1 Å². The van der Waals surface area contributed by atoms with Crippen LogP contribution in [-0.4, -0.2) is 0 Å². The van der Waals surface area contributed by atoms with Gasteiger partial charge in [-0.1, -0.05) is 6.07 Å². The lowest BCUT2D eigenvalue weighted by atomic mass is 10.3. The molecule has 0 spiro atoms. The third-order valence-electron chi connectivity index (χ3n) is 1.04. The largest absolute Gasteiger partial charge is 0.455 e. The van der Waals surface area contributed by atoms with E-state index in [-0.39, 0.29) is 0 Å². The summed E-state index contributed by atoms with van der Waals surface area (Å²) in [7, 11) is 0. The molecule has 0 saturated heterocycles. The number of rotatable bonds is 0. The summed E-state index contributed by atoms with van der Waals surface area (Å²) in [4.78, 5) is 2.42. The zero-order valence-electron chi connectivity index (χ0n) is 4.88. The molecule has 0 aromatic heterocycles. The van der Waals surface area contributed by atoms with E-state index < -0.39 is 17.3 Å². The van der Waals surface area contributed by atoms with Gasteiger partial charge in [-0.05, 0) is 12.1 Å². The van der Waals surface area contributed by atoms with Gasteiger partial charge < -0.3 is 0 Å². The first-order chi connectivity index (χ1) is 4.75. The SMILES string of the molecule is N#[N+]c1c(F)cccc1F. The Hall–Kier alpha value is -1.50. The maximum absolute atomic E-state index is 12.4. The van der Waals surface area contributed by atoms with Gasteiger partial charge in [0.15, 0.2) is 4.98 Å². The van der Waals surface area contributed by atoms with E-state index >= 15 is 0 Å². The molecule has 10 heavy (non-hydrogen) atoms. The number of nitrogens with zero attached hydrogens (tertiary/aromatic N) is 2. The summed E-state index contributed by atoms with van der Waals surface area (Å²) >= 11 is 0. The van der Waals surface area contributed by atoms with Gasteiger partial charge in [-0.15, -0.1) is 0 Å². The van der Waals surface area contributed by atoms with Crippen LogP contribution in [0.3, 0.4) is 0 Å². The van der Waals surface area contributed by atoms with Crippen LogP contribution in [0.1, 0.15) is 0 Å². The molecule has 0 heterocycles. The molecule has 0 aliphatic carbocycles. The highest BCUT2D eigenvalue weighted by molar-refractivity contribution is 5.45. The minimum absolute atomic E-state index is 0.650. The van der Waals surface area contributed by atoms with Crippen LogP contribution in [0.5, 0.6) is 0 Å². The fraction of sp³-hybridized carbons (Fsp3) is 0. The fourth-order valence-electron chi connectivity index (χ4n) is 0.585. The molecule has 0 radical (unpaired) electrons. The van der Waals surface area contributed by atoms with E-state index in [1.807, 2.05) is 0 Å². The number of diazo groups is 1. The summed E-state index contributed by atoms with van der Waals surface area (Å²) in [6.07, 6.45) is 0. The van der Waals surface area contributed by atoms with Gasteiger partial charge in [-0.2, -0.15) is 8.78 Å². The number of hydrogen-bond donors (Lipinski definition) is 0. The lowest BCUT2D eigenvalue weighted by Gasteiger charge is -1.81. The molecule has 0 atom stereocenters. The zero-order chi connectivity index (χ0) is 7.56. The van der Waals surface area contributed by atoms with Crippen molar-refractivity contribution < 1.29 is 8.78 Å². The lowest BCUT2D eigenvalue weighted by molar-refractivity contribution is 0.593. The van der Waals surface area contributed by atoms with Gasteiger partial charge in [0.25, 0.3) is 0 Å². The van der Waals surface area contributed by atoms with Gasteiger partial charge >= 0.3 is 5.69 Å². The van der Waals surface area contributed by atoms with Crippen LogP contribution < -0.4 is 0 Å². The van der Waals surface area contributed by atoms with E-state index in [1.165, 1.54) is 6.07 Å². The normalized spacial score (nSPS) is 8.90. The molecule has 1 aromatic carbocycles. The number of benzene rings is 1. The number of hydrogen-bond acceptors (Lipinski definition) is 1. The molecule has 50 valence electrons. The quantitative estimate of drug-likeness (QED) is 0.510. The van der Waals surface area contributed by atoms with E-state index in [4.69, 9.17) is 5.39 Å². The predicted octanol–water partition coefficient (Wildman–Crippen LogP) is 2.45. The highest BCUT2D eigenvalue weighted by Crippen LogP contribution is 2.20. The summed E-state index contributed by atoms with van der Waals surface area (Å²) < 4.78 is 24.7. The lowest BCUT2D eigenvalue weighted by Crippen LogP contribution is -1.77. The molecule has 4 heteroatoms. The van der Waals surface area contributed by atoms with Crippen molar-refractivity contribution >= 4 is 5.69 Å². The Bertz CT molecular complexity index is 270. The van der Waals surface area contributed by atoms with Gasteiger partial charge in [0.05, 0.1) is 0 Å². The second-order valence-corrected chi connectivity index (χ2v) is 1.67. The molecule has 1 rings (SSSR count). The maximum atomic E-state index is 12.4. The van der Waals surface area contributed by atoms with E-state index in [9.17, 15) is 8.78 Å². The van der Waals surface area contributed by atoms with Crippen LogP contribution in [0, 0.1) is 17.0 Å². The Labute approximate surface area is 55.7 Å². The van der Waals surface area contributed by atoms with Crippen molar-refractivity contribution in [3.05, 3.63) is 34.8 Å². The van der Waals surface area contributed by atoms with E-state index in [2.05, 4.69) is 4.98 Å².